The number of benzene rings is 1. The molecular weight excluding hydrogens is 176 g/mol. The van der Waals surface area contributed by atoms with E-state index < -0.39 is 0 Å². The fourth-order valence-electron chi connectivity index (χ4n) is 1.68. The van der Waals surface area contributed by atoms with E-state index in [-0.39, 0.29) is 0 Å². The van der Waals surface area contributed by atoms with Gasteiger partial charge in [0.05, 0.1) is 18.5 Å². The van der Waals surface area contributed by atoms with Crippen molar-refractivity contribution in [1.82, 2.24) is 0 Å². The maximum Gasteiger partial charge on any atom is 0.143 e. The molecule has 1 aromatic carbocycles. The summed E-state index contributed by atoms with van der Waals surface area (Å²) in [6, 6.07) is 6.57. The van der Waals surface area contributed by atoms with E-state index in [4.69, 9.17) is 10.5 Å². The fourth-order valence-corrected chi connectivity index (χ4v) is 1.68. The van der Waals surface area contributed by atoms with E-state index in [1.807, 2.05) is 18.2 Å². The van der Waals surface area contributed by atoms with E-state index in [0.29, 0.717) is 6.04 Å². The average molecular weight is 192 g/mol. The molecule has 76 valence electrons. The van der Waals surface area contributed by atoms with Crippen LogP contribution in [0, 0.1) is 0 Å². The highest BCUT2D eigenvalue weighted by atomic mass is 16.5. The minimum Gasteiger partial charge on any atom is -0.495 e. The van der Waals surface area contributed by atoms with Crippen molar-refractivity contribution in [3.8, 4) is 5.75 Å². The molecule has 0 radical (unpaired) electrons. The van der Waals surface area contributed by atoms with Crippen molar-refractivity contribution in [2.45, 2.75) is 18.9 Å². The van der Waals surface area contributed by atoms with Crippen LogP contribution in [0.25, 0.3) is 0 Å². The lowest BCUT2D eigenvalue weighted by Gasteiger charge is -2.21. The molecule has 0 bridgehead atoms. The van der Waals surface area contributed by atoms with Gasteiger partial charge in [0.15, 0.2) is 0 Å². The van der Waals surface area contributed by atoms with E-state index >= 15 is 0 Å². The third kappa shape index (κ3) is 1.50. The van der Waals surface area contributed by atoms with Gasteiger partial charge in [0.1, 0.15) is 5.75 Å². The third-order valence-corrected chi connectivity index (χ3v) is 2.74. The Balaban J connectivity index is 2.31. The smallest absolute Gasteiger partial charge is 0.143 e. The summed E-state index contributed by atoms with van der Waals surface area (Å²) in [5, 5.41) is 0. The molecule has 1 aliphatic carbocycles. The molecule has 0 saturated heterocycles. The molecular formula is C11H16N2O. The van der Waals surface area contributed by atoms with Crippen LogP contribution >= 0.6 is 0 Å². The van der Waals surface area contributed by atoms with Gasteiger partial charge in [-0.25, -0.2) is 0 Å². The van der Waals surface area contributed by atoms with Crippen LogP contribution in [0.1, 0.15) is 12.8 Å². The van der Waals surface area contributed by atoms with Crippen molar-refractivity contribution in [2.75, 3.05) is 24.8 Å². The number of nitrogens with zero attached hydrogens (tertiary/aromatic N) is 1. The molecule has 3 nitrogen and oxygen atoms in total. The first-order valence-electron chi connectivity index (χ1n) is 4.89. The Morgan fingerprint density at radius 2 is 2.14 bits per heavy atom. The van der Waals surface area contributed by atoms with Gasteiger partial charge in [0, 0.05) is 13.1 Å². The lowest BCUT2D eigenvalue weighted by Crippen LogP contribution is -2.20. The Kier molecular flexibility index (Phi) is 2.23. The number of anilines is 2. The summed E-state index contributed by atoms with van der Waals surface area (Å²) in [5.41, 5.74) is 7.81. The van der Waals surface area contributed by atoms with Crippen molar-refractivity contribution in [3.05, 3.63) is 18.2 Å². The number of hydrogen-bond acceptors (Lipinski definition) is 3. The topological polar surface area (TPSA) is 38.5 Å². The predicted molar refractivity (Wildman–Crippen MR) is 58.8 cm³/mol. The van der Waals surface area contributed by atoms with Gasteiger partial charge in [-0.2, -0.15) is 0 Å². The molecule has 0 spiro atoms. The van der Waals surface area contributed by atoms with Crippen molar-refractivity contribution in [2.24, 2.45) is 0 Å². The van der Waals surface area contributed by atoms with Crippen LogP contribution in [0.3, 0.4) is 0 Å². The Morgan fingerprint density at radius 3 is 2.71 bits per heavy atom. The maximum absolute atomic E-state index is 5.99. The molecule has 0 atom stereocenters. The maximum atomic E-state index is 5.99. The summed E-state index contributed by atoms with van der Waals surface area (Å²) in [4.78, 5) is 2.23. The number of hydrogen-bond donors (Lipinski definition) is 1. The van der Waals surface area contributed by atoms with Gasteiger partial charge in [-0.05, 0) is 25.0 Å². The molecule has 2 N–H and O–H groups in total. The summed E-state index contributed by atoms with van der Waals surface area (Å²) >= 11 is 0. The van der Waals surface area contributed by atoms with Gasteiger partial charge >= 0.3 is 0 Å². The largest absolute Gasteiger partial charge is 0.495 e. The Hall–Kier alpha value is -1.38. The number of nitrogens with two attached hydrogens (primary N) is 1. The van der Waals surface area contributed by atoms with Crippen molar-refractivity contribution < 1.29 is 4.74 Å². The molecule has 0 aromatic heterocycles. The van der Waals surface area contributed by atoms with Crippen molar-refractivity contribution >= 4 is 11.4 Å². The molecule has 0 heterocycles. The molecule has 0 aliphatic heterocycles. The molecule has 1 aliphatic rings. The monoisotopic (exact) mass is 192 g/mol. The zero-order chi connectivity index (χ0) is 10.1. The van der Waals surface area contributed by atoms with E-state index in [0.717, 1.165) is 17.1 Å². The minimum atomic E-state index is 0.671. The summed E-state index contributed by atoms with van der Waals surface area (Å²) in [7, 11) is 3.73. The van der Waals surface area contributed by atoms with Crippen LogP contribution in [-0.4, -0.2) is 20.2 Å². The predicted octanol–water partition coefficient (Wildman–Crippen LogP) is 1.88. The second-order valence-corrected chi connectivity index (χ2v) is 3.74. The summed E-state index contributed by atoms with van der Waals surface area (Å²) < 4.78 is 5.18. The summed E-state index contributed by atoms with van der Waals surface area (Å²) in [5.74, 6) is 0.759. The lowest BCUT2D eigenvalue weighted by atomic mass is 10.2. The second-order valence-electron chi connectivity index (χ2n) is 3.74. The molecule has 2 rings (SSSR count). The first kappa shape index (κ1) is 9.19. The van der Waals surface area contributed by atoms with Crippen LogP contribution in [0.15, 0.2) is 18.2 Å². The number of methoxy groups -OCH3 is 1. The molecule has 0 amide bonds. The SMILES string of the molecule is COc1cccc(N(C)C2CC2)c1N. The molecule has 1 saturated carbocycles. The minimum absolute atomic E-state index is 0.671. The zero-order valence-electron chi connectivity index (χ0n) is 8.66. The van der Waals surface area contributed by atoms with Gasteiger partial charge in [0.25, 0.3) is 0 Å². The van der Waals surface area contributed by atoms with E-state index in [1.165, 1.54) is 12.8 Å². The van der Waals surface area contributed by atoms with Crippen LogP contribution in [0.4, 0.5) is 11.4 Å². The molecule has 0 unspecified atom stereocenters. The van der Waals surface area contributed by atoms with Gasteiger partial charge in [-0.1, -0.05) is 6.07 Å². The summed E-state index contributed by atoms with van der Waals surface area (Å²) in [6.07, 6.45) is 2.54. The first-order chi connectivity index (χ1) is 6.74. The zero-order valence-corrected chi connectivity index (χ0v) is 8.66. The Morgan fingerprint density at radius 1 is 1.43 bits per heavy atom. The standard InChI is InChI=1S/C11H16N2O/c1-13(8-6-7-8)9-4-3-5-10(14-2)11(9)12/h3-5,8H,6-7,12H2,1-2H3. The van der Waals surface area contributed by atoms with Crippen LogP contribution in [-0.2, 0) is 0 Å². The van der Waals surface area contributed by atoms with Crippen LogP contribution in [0.5, 0.6) is 5.75 Å². The number of ether oxygens (including phenoxy) is 1. The van der Waals surface area contributed by atoms with Gasteiger partial charge in [-0.3, -0.25) is 0 Å². The highest BCUT2D eigenvalue weighted by molar-refractivity contribution is 5.74. The van der Waals surface area contributed by atoms with Crippen LogP contribution < -0.4 is 15.4 Å². The fraction of sp³-hybridized carbons (Fsp3) is 0.455. The Bertz CT molecular complexity index is 334. The Labute approximate surface area is 84.5 Å². The first-order valence-corrected chi connectivity index (χ1v) is 4.89. The van der Waals surface area contributed by atoms with E-state index in [1.54, 1.807) is 7.11 Å². The average Bonchev–Trinajstić information content (AvgIpc) is 3.00. The lowest BCUT2D eigenvalue weighted by molar-refractivity contribution is 0.417. The molecule has 14 heavy (non-hydrogen) atoms. The molecule has 3 heteroatoms. The second kappa shape index (κ2) is 3.40. The van der Waals surface area contributed by atoms with Crippen molar-refractivity contribution in [1.29, 1.82) is 0 Å². The number of para-hydroxylation sites is 1. The third-order valence-electron chi connectivity index (χ3n) is 2.74. The van der Waals surface area contributed by atoms with E-state index in [2.05, 4.69) is 11.9 Å². The molecule has 1 aromatic rings. The summed E-state index contributed by atoms with van der Waals surface area (Å²) in [6.45, 7) is 0. The molecule has 1 fully saturated rings. The highest BCUT2D eigenvalue weighted by Gasteiger charge is 2.27. The van der Waals surface area contributed by atoms with Crippen LogP contribution in [0.2, 0.25) is 0 Å². The number of nitrogen functional groups attached to an aromatic ring is 1. The normalized spacial score (nSPS) is 15.3. The van der Waals surface area contributed by atoms with E-state index in [9.17, 15) is 0 Å². The van der Waals surface area contributed by atoms with Gasteiger partial charge in [-0.15, -0.1) is 0 Å². The number of rotatable bonds is 3. The van der Waals surface area contributed by atoms with Crippen molar-refractivity contribution in [3.63, 3.8) is 0 Å². The quantitative estimate of drug-likeness (QED) is 0.743. The van der Waals surface area contributed by atoms with Gasteiger partial charge < -0.3 is 15.4 Å². The van der Waals surface area contributed by atoms with Gasteiger partial charge in [0.2, 0.25) is 0 Å². The highest BCUT2D eigenvalue weighted by Crippen LogP contribution is 2.37.